The van der Waals surface area contributed by atoms with E-state index in [9.17, 15) is 14.7 Å². The Balaban J connectivity index is 1.70. The zero-order valence-electron chi connectivity index (χ0n) is 13.8. The molecule has 4 aliphatic rings. The Hall–Kier alpha value is -0.700. The SMILES string of the molecule is C[C@]12CC[C@@H](O)C[C@@H]1CC(=O)[C@H]1[C@H]2CC[C@@]2(C)C(=O)CC[C@H]12. The van der Waals surface area contributed by atoms with E-state index in [1.54, 1.807) is 0 Å². The molecule has 4 rings (SSSR count). The molecule has 1 N–H and O–H groups in total. The number of fused-ring (bicyclic) bond motifs is 5. The van der Waals surface area contributed by atoms with Gasteiger partial charge in [-0.1, -0.05) is 13.8 Å². The van der Waals surface area contributed by atoms with Crippen LogP contribution in [0.3, 0.4) is 0 Å². The second-order valence-electron chi connectivity index (χ2n) is 8.96. The van der Waals surface area contributed by atoms with Crippen molar-refractivity contribution in [2.75, 3.05) is 0 Å². The van der Waals surface area contributed by atoms with Crippen molar-refractivity contribution in [2.45, 2.75) is 71.3 Å². The van der Waals surface area contributed by atoms with Crippen molar-refractivity contribution in [1.29, 1.82) is 0 Å². The molecule has 7 atom stereocenters. The van der Waals surface area contributed by atoms with Gasteiger partial charge in [0, 0.05) is 24.2 Å². The number of aliphatic hydroxyl groups is 1. The van der Waals surface area contributed by atoms with Crippen LogP contribution in [0, 0.1) is 34.5 Å². The first-order chi connectivity index (χ1) is 10.4. The van der Waals surface area contributed by atoms with Gasteiger partial charge in [0.1, 0.15) is 11.6 Å². The lowest BCUT2D eigenvalue weighted by Gasteiger charge is -2.59. The van der Waals surface area contributed by atoms with Crippen molar-refractivity contribution in [1.82, 2.24) is 0 Å². The molecule has 0 aromatic heterocycles. The number of ketones is 2. The number of rotatable bonds is 0. The highest BCUT2D eigenvalue weighted by molar-refractivity contribution is 5.90. The first-order valence-electron chi connectivity index (χ1n) is 9.10. The van der Waals surface area contributed by atoms with Crippen molar-refractivity contribution in [2.24, 2.45) is 34.5 Å². The maximum Gasteiger partial charge on any atom is 0.139 e. The highest BCUT2D eigenvalue weighted by Crippen LogP contribution is 2.64. The fraction of sp³-hybridized carbons (Fsp3) is 0.895. The second kappa shape index (κ2) is 4.66. The highest BCUT2D eigenvalue weighted by Gasteiger charge is 2.62. The smallest absolute Gasteiger partial charge is 0.139 e. The van der Waals surface area contributed by atoms with Gasteiger partial charge >= 0.3 is 0 Å². The Morgan fingerprint density at radius 2 is 1.82 bits per heavy atom. The summed E-state index contributed by atoms with van der Waals surface area (Å²) in [6.45, 7) is 4.49. The molecule has 3 heteroatoms. The summed E-state index contributed by atoms with van der Waals surface area (Å²) in [5, 5.41) is 10.0. The molecule has 0 spiro atoms. The van der Waals surface area contributed by atoms with Crippen molar-refractivity contribution >= 4 is 11.6 Å². The van der Waals surface area contributed by atoms with Gasteiger partial charge in [0.25, 0.3) is 0 Å². The van der Waals surface area contributed by atoms with Crippen LogP contribution >= 0.6 is 0 Å². The minimum atomic E-state index is -0.228. The summed E-state index contributed by atoms with van der Waals surface area (Å²) in [5.74, 6) is 1.99. The summed E-state index contributed by atoms with van der Waals surface area (Å²) in [4.78, 5) is 25.3. The predicted molar refractivity (Wildman–Crippen MR) is 83.1 cm³/mol. The average Bonchev–Trinajstić information content (AvgIpc) is 2.77. The summed E-state index contributed by atoms with van der Waals surface area (Å²) in [7, 11) is 0. The number of carbonyl (C=O) groups is 2. The van der Waals surface area contributed by atoms with E-state index in [1.165, 1.54) is 0 Å². The Bertz CT molecular complexity index is 527. The zero-order chi connectivity index (χ0) is 15.7. The van der Waals surface area contributed by atoms with Gasteiger partial charge < -0.3 is 5.11 Å². The molecule has 4 fully saturated rings. The van der Waals surface area contributed by atoms with Gasteiger partial charge in [-0.3, -0.25) is 9.59 Å². The van der Waals surface area contributed by atoms with E-state index >= 15 is 0 Å². The van der Waals surface area contributed by atoms with Crippen LogP contribution in [0.25, 0.3) is 0 Å². The monoisotopic (exact) mass is 304 g/mol. The van der Waals surface area contributed by atoms with Crippen molar-refractivity contribution in [3.05, 3.63) is 0 Å². The standard InChI is InChI=1S/C19H28O3/c1-18-7-5-12(20)9-11(18)10-15(21)17-13-3-4-16(22)19(13,2)8-6-14(17)18/h11-14,17,20H,3-10H2,1-2H3/t11-,12-,13-,14-,17-,18+,19-/m1/s1. The molecule has 0 bridgehead atoms. The molecule has 22 heavy (non-hydrogen) atoms. The Morgan fingerprint density at radius 3 is 2.59 bits per heavy atom. The molecule has 0 aliphatic heterocycles. The van der Waals surface area contributed by atoms with E-state index in [0.29, 0.717) is 36.2 Å². The first kappa shape index (κ1) is 14.9. The van der Waals surface area contributed by atoms with Gasteiger partial charge in [0.05, 0.1) is 6.10 Å². The molecule has 3 nitrogen and oxygen atoms in total. The van der Waals surface area contributed by atoms with Crippen LogP contribution in [0.5, 0.6) is 0 Å². The molecule has 4 saturated carbocycles. The van der Waals surface area contributed by atoms with Gasteiger partial charge in [-0.15, -0.1) is 0 Å². The Labute approximate surface area is 132 Å². The largest absolute Gasteiger partial charge is 0.393 e. The fourth-order valence-corrected chi connectivity index (χ4v) is 6.68. The average molecular weight is 304 g/mol. The Kier molecular flexibility index (Phi) is 3.15. The van der Waals surface area contributed by atoms with Crippen LogP contribution < -0.4 is 0 Å². The van der Waals surface area contributed by atoms with E-state index < -0.39 is 0 Å². The van der Waals surface area contributed by atoms with Crippen molar-refractivity contribution in [3.8, 4) is 0 Å². The minimum absolute atomic E-state index is 0.113. The van der Waals surface area contributed by atoms with Gasteiger partial charge in [-0.2, -0.15) is 0 Å². The van der Waals surface area contributed by atoms with E-state index in [0.717, 1.165) is 38.5 Å². The lowest BCUT2D eigenvalue weighted by Crippen LogP contribution is -2.57. The lowest BCUT2D eigenvalue weighted by molar-refractivity contribution is -0.160. The molecular weight excluding hydrogens is 276 g/mol. The second-order valence-corrected chi connectivity index (χ2v) is 8.96. The van der Waals surface area contributed by atoms with Crippen LogP contribution in [0.1, 0.15) is 65.2 Å². The van der Waals surface area contributed by atoms with E-state index in [-0.39, 0.29) is 28.8 Å². The van der Waals surface area contributed by atoms with Gasteiger partial charge in [0.15, 0.2) is 0 Å². The van der Waals surface area contributed by atoms with Crippen molar-refractivity contribution in [3.63, 3.8) is 0 Å². The first-order valence-corrected chi connectivity index (χ1v) is 9.10. The summed E-state index contributed by atoms with van der Waals surface area (Å²) >= 11 is 0. The quantitative estimate of drug-likeness (QED) is 0.748. The normalized spacial score (nSPS) is 54.6. The number of hydrogen-bond acceptors (Lipinski definition) is 3. The number of hydrogen-bond donors (Lipinski definition) is 1. The summed E-state index contributed by atoms with van der Waals surface area (Å²) in [5.41, 5.74) is -0.0288. The summed E-state index contributed by atoms with van der Waals surface area (Å²) in [6.07, 6.45) is 6.73. The zero-order valence-corrected chi connectivity index (χ0v) is 13.8. The third-order valence-corrected chi connectivity index (χ3v) is 8.15. The van der Waals surface area contributed by atoms with Crippen molar-refractivity contribution < 1.29 is 14.7 Å². The maximum atomic E-state index is 12.9. The fourth-order valence-electron chi connectivity index (χ4n) is 6.68. The van der Waals surface area contributed by atoms with Gasteiger partial charge in [-0.05, 0) is 61.7 Å². The predicted octanol–water partition coefficient (Wildman–Crippen LogP) is 3.14. The molecule has 0 amide bonds. The molecule has 0 aromatic rings. The van der Waals surface area contributed by atoms with E-state index in [1.807, 2.05) is 0 Å². The molecule has 122 valence electrons. The molecule has 0 radical (unpaired) electrons. The highest BCUT2D eigenvalue weighted by atomic mass is 16.3. The molecule has 0 saturated heterocycles. The molecular formula is C19H28O3. The van der Waals surface area contributed by atoms with Gasteiger partial charge in [-0.25, -0.2) is 0 Å². The number of Topliss-reactive ketones (excluding diaryl/α,β-unsaturated/α-hetero) is 2. The van der Waals surface area contributed by atoms with Crippen LogP contribution in [0.4, 0.5) is 0 Å². The number of aliphatic hydroxyl groups excluding tert-OH is 1. The van der Waals surface area contributed by atoms with Crippen LogP contribution in [0.2, 0.25) is 0 Å². The number of carbonyl (C=O) groups excluding carboxylic acids is 2. The third kappa shape index (κ3) is 1.78. The van der Waals surface area contributed by atoms with Gasteiger partial charge in [0.2, 0.25) is 0 Å². The summed E-state index contributed by atoms with van der Waals surface area (Å²) < 4.78 is 0. The third-order valence-electron chi connectivity index (χ3n) is 8.15. The maximum absolute atomic E-state index is 12.9. The topological polar surface area (TPSA) is 54.4 Å². The molecule has 0 heterocycles. The van der Waals surface area contributed by atoms with Crippen LogP contribution in [-0.2, 0) is 9.59 Å². The Morgan fingerprint density at radius 1 is 1.05 bits per heavy atom. The molecule has 0 aromatic carbocycles. The van der Waals surface area contributed by atoms with Crippen LogP contribution in [-0.4, -0.2) is 22.8 Å². The van der Waals surface area contributed by atoms with Crippen LogP contribution in [0.15, 0.2) is 0 Å². The molecule has 0 unspecified atom stereocenters. The van der Waals surface area contributed by atoms with E-state index in [4.69, 9.17) is 0 Å². The lowest BCUT2D eigenvalue weighted by atomic mass is 9.45. The summed E-state index contributed by atoms with van der Waals surface area (Å²) in [6, 6.07) is 0. The molecule has 4 aliphatic carbocycles. The minimum Gasteiger partial charge on any atom is -0.393 e. The van der Waals surface area contributed by atoms with E-state index in [2.05, 4.69) is 13.8 Å².